The number of nitrogens with zero attached hydrogens (tertiary/aromatic N) is 3. The third-order valence-electron chi connectivity index (χ3n) is 5.91. The van der Waals surface area contributed by atoms with Crippen LogP contribution < -0.4 is 21.1 Å². The Labute approximate surface area is 202 Å². The summed E-state index contributed by atoms with van der Waals surface area (Å²) in [5, 5.41) is 10.2. The van der Waals surface area contributed by atoms with Gasteiger partial charge in [0.2, 0.25) is 5.91 Å². The van der Waals surface area contributed by atoms with Crippen molar-refractivity contribution in [2.45, 2.75) is 38.3 Å². The van der Waals surface area contributed by atoms with Gasteiger partial charge in [0.15, 0.2) is 0 Å². The molecular weight excluding hydrogens is 451 g/mol. The number of aromatic nitrogens is 3. The molecule has 3 aromatic rings. The number of benzene rings is 1. The number of pyridine rings is 1. The molecule has 0 atom stereocenters. The fourth-order valence-electron chi connectivity index (χ4n) is 3.54. The lowest BCUT2D eigenvalue weighted by atomic mass is 9.98. The minimum absolute atomic E-state index is 0.0373. The lowest BCUT2D eigenvalue weighted by Gasteiger charge is -2.16. The Morgan fingerprint density at radius 2 is 1.91 bits per heavy atom. The molecule has 184 valence electrons. The number of halogens is 1. The number of carbonyl (C=O) groups excluding carboxylic acids is 2. The van der Waals surface area contributed by atoms with Crippen LogP contribution >= 0.6 is 0 Å². The van der Waals surface area contributed by atoms with E-state index in [1.165, 1.54) is 6.20 Å². The number of anilines is 3. The van der Waals surface area contributed by atoms with Crippen molar-refractivity contribution in [2.24, 2.45) is 18.7 Å². The van der Waals surface area contributed by atoms with E-state index < -0.39 is 12.1 Å². The zero-order valence-electron chi connectivity index (χ0n) is 19.8. The maximum Gasteiger partial charge on any atom is 0.252 e. The molecule has 35 heavy (non-hydrogen) atoms. The summed E-state index contributed by atoms with van der Waals surface area (Å²) in [5.74, 6) is 0.266. The number of alkyl halides is 1. The lowest BCUT2D eigenvalue weighted by Crippen LogP contribution is -2.17. The zero-order valence-corrected chi connectivity index (χ0v) is 19.8. The van der Waals surface area contributed by atoms with Crippen LogP contribution in [0.4, 0.5) is 21.6 Å². The van der Waals surface area contributed by atoms with Crippen molar-refractivity contribution < 1.29 is 18.7 Å². The largest absolute Gasteiger partial charge is 0.494 e. The number of nitrogens with two attached hydrogens (primary N) is 1. The second-order valence-electron chi connectivity index (χ2n) is 8.69. The first kappa shape index (κ1) is 24.2. The molecule has 2 aromatic heterocycles. The summed E-state index contributed by atoms with van der Waals surface area (Å²) in [7, 11) is 3.41. The predicted molar refractivity (Wildman–Crippen MR) is 131 cm³/mol. The van der Waals surface area contributed by atoms with Gasteiger partial charge < -0.3 is 21.1 Å². The van der Waals surface area contributed by atoms with E-state index in [-0.39, 0.29) is 17.4 Å². The Kier molecular flexibility index (Phi) is 7.28. The van der Waals surface area contributed by atoms with Gasteiger partial charge in [0.05, 0.1) is 30.2 Å². The summed E-state index contributed by atoms with van der Waals surface area (Å²) in [6, 6.07) is 7.21. The molecule has 0 spiro atoms. The second-order valence-corrected chi connectivity index (χ2v) is 8.69. The molecule has 2 aliphatic carbocycles. The van der Waals surface area contributed by atoms with Gasteiger partial charge >= 0.3 is 0 Å². The summed E-state index contributed by atoms with van der Waals surface area (Å²) in [6.07, 6.45) is 9.06. The molecule has 4 N–H and O–H groups in total. The summed E-state index contributed by atoms with van der Waals surface area (Å²) in [4.78, 5) is 28.1. The number of hydrogen-bond donors (Lipinski definition) is 3. The van der Waals surface area contributed by atoms with Crippen molar-refractivity contribution in [3.63, 3.8) is 0 Å². The van der Waals surface area contributed by atoms with Gasteiger partial charge in [-0.3, -0.25) is 14.3 Å². The first-order valence-corrected chi connectivity index (χ1v) is 11.5. The Morgan fingerprint density at radius 1 is 1.17 bits per heavy atom. The number of hydrogen-bond acceptors (Lipinski definition) is 6. The number of primary amides is 1. The van der Waals surface area contributed by atoms with E-state index in [2.05, 4.69) is 20.7 Å². The van der Waals surface area contributed by atoms with Gasteiger partial charge in [0, 0.05) is 42.6 Å². The van der Waals surface area contributed by atoms with E-state index in [0.29, 0.717) is 22.9 Å². The molecule has 9 nitrogen and oxygen atoms in total. The highest BCUT2D eigenvalue weighted by atomic mass is 19.1. The summed E-state index contributed by atoms with van der Waals surface area (Å²) in [6.45, 7) is 0. The average Bonchev–Trinajstić information content (AvgIpc) is 3.59. The maximum atomic E-state index is 12.1. The number of methoxy groups -OCH3 is 1. The highest BCUT2D eigenvalue weighted by molar-refractivity contribution is 6.01. The zero-order chi connectivity index (χ0) is 24.9. The van der Waals surface area contributed by atoms with Crippen molar-refractivity contribution in [1.82, 2.24) is 14.8 Å². The van der Waals surface area contributed by atoms with Crippen LogP contribution in [0.3, 0.4) is 0 Å². The number of para-hydroxylation sites is 1. The van der Waals surface area contributed by atoms with Gasteiger partial charge in [-0.15, -0.1) is 0 Å². The Morgan fingerprint density at radius 3 is 2.46 bits per heavy atom. The van der Waals surface area contributed by atoms with E-state index in [9.17, 15) is 14.0 Å². The SMILES string of the molecule is COc1c(Nc2cc(NC(=O)C3CC3)ncc2C(N)=O)cccc1-c1cnn(C)c1.FC1CCC1. The van der Waals surface area contributed by atoms with Crippen LogP contribution in [0.15, 0.2) is 42.9 Å². The minimum Gasteiger partial charge on any atom is -0.494 e. The van der Waals surface area contributed by atoms with Gasteiger partial charge in [-0.25, -0.2) is 9.37 Å². The Balaban J connectivity index is 0.000000514. The maximum absolute atomic E-state index is 12.1. The van der Waals surface area contributed by atoms with Crippen LogP contribution in [0, 0.1) is 5.92 Å². The van der Waals surface area contributed by atoms with Crippen LogP contribution in [0.1, 0.15) is 42.5 Å². The van der Waals surface area contributed by atoms with Crippen molar-refractivity contribution in [3.05, 3.63) is 48.4 Å². The standard InChI is InChI=1S/C21H22N6O3.C4H7F/c1-27-11-13(9-24-27)14-4-3-5-16(19(14)30-2)25-17-8-18(23-10-15(17)20(22)28)26-21(29)12-6-7-12;5-4-2-1-3-4/h3-5,8-12H,6-7H2,1-2H3,(H2,22,28)(H2,23,25,26,29);4H,1-3H2. The van der Waals surface area contributed by atoms with Gasteiger partial charge in [0.1, 0.15) is 17.7 Å². The monoisotopic (exact) mass is 480 g/mol. The highest BCUT2D eigenvalue weighted by Crippen LogP contribution is 2.38. The molecule has 0 unspecified atom stereocenters. The normalized spacial score (nSPS) is 14.8. The summed E-state index contributed by atoms with van der Waals surface area (Å²) in [5.41, 5.74) is 8.51. The molecule has 0 aliphatic heterocycles. The molecule has 1 aromatic carbocycles. The molecule has 10 heteroatoms. The van der Waals surface area contributed by atoms with Gasteiger partial charge in [-0.05, 0) is 38.2 Å². The van der Waals surface area contributed by atoms with Crippen LogP contribution in [0.2, 0.25) is 0 Å². The highest BCUT2D eigenvalue weighted by Gasteiger charge is 2.30. The second kappa shape index (κ2) is 10.5. The summed E-state index contributed by atoms with van der Waals surface area (Å²) >= 11 is 0. The van der Waals surface area contributed by atoms with Gasteiger partial charge in [-0.1, -0.05) is 12.1 Å². The van der Waals surface area contributed by atoms with Crippen molar-refractivity contribution in [2.75, 3.05) is 17.7 Å². The van der Waals surface area contributed by atoms with E-state index in [0.717, 1.165) is 43.2 Å². The molecular formula is C25H29FN6O3. The molecule has 0 saturated heterocycles. The van der Waals surface area contributed by atoms with Crippen molar-refractivity contribution in [1.29, 1.82) is 0 Å². The summed E-state index contributed by atoms with van der Waals surface area (Å²) < 4.78 is 18.9. The molecule has 0 bridgehead atoms. The van der Waals surface area contributed by atoms with Crippen LogP contribution in [-0.4, -0.2) is 39.9 Å². The molecule has 5 rings (SSSR count). The van der Waals surface area contributed by atoms with Crippen molar-refractivity contribution >= 4 is 29.0 Å². The fraction of sp³-hybridized carbons (Fsp3) is 0.360. The third-order valence-corrected chi connectivity index (χ3v) is 5.91. The molecule has 2 heterocycles. The molecule has 2 fully saturated rings. The van der Waals surface area contributed by atoms with Crippen LogP contribution in [0.5, 0.6) is 5.75 Å². The molecule has 2 amide bonds. The number of rotatable bonds is 7. The molecule has 2 saturated carbocycles. The number of ether oxygens (including phenoxy) is 1. The fourth-order valence-corrected chi connectivity index (χ4v) is 3.54. The van der Waals surface area contributed by atoms with E-state index in [1.54, 1.807) is 24.1 Å². The van der Waals surface area contributed by atoms with Crippen molar-refractivity contribution in [3.8, 4) is 16.9 Å². The number of aryl methyl sites for hydroxylation is 1. The number of nitrogens with one attached hydrogen (secondary N) is 2. The van der Waals surface area contributed by atoms with E-state index in [1.807, 2.05) is 31.4 Å². The van der Waals surface area contributed by atoms with Gasteiger partial charge in [0.25, 0.3) is 5.91 Å². The van der Waals surface area contributed by atoms with E-state index in [4.69, 9.17) is 10.5 Å². The van der Waals surface area contributed by atoms with Crippen LogP contribution in [-0.2, 0) is 11.8 Å². The topological polar surface area (TPSA) is 124 Å². The molecule has 0 radical (unpaired) electrons. The quantitative estimate of drug-likeness (QED) is 0.466. The molecule has 2 aliphatic rings. The Bertz CT molecular complexity index is 1220. The van der Waals surface area contributed by atoms with E-state index >= 15 is 0 Å². The smallest absolute Gasteiger partial charge is 0.252 e. The Hall–Kier alpha value is -3.95. The number of carbonyl (C=O) groups is 2. The number of amides is 2. The predicted octanol–water partition coefficient (Wildman–Crippen LogP) is 4.19. The van der Waals surface area contributed by atoms with Crippen LogP contribution in [0.25, 0.3) is 11.1 Å². The lowest BCUT2D eigenvalue weighted by molar-refractivity contribution is -0.117. The minimum atomic E-state index is -0.632. The first-order chi connectivity index (χ1) is 16.9. The first-order valence-electron chi connectivity index (χ1n) is 11.5. The third kappa shape index (κ3) is 5.95. The van der Waals surface area contributed by atoms with Gasteiger partial charge in [-0.2, -0.15) is 5.10 Å². The average molecular weight is 481 g/mol.